The van der Waals surface area contributed by atoms with E-state index >= 15 is 0 Å². The summed E-state index contributed by atoms with van der Waals surface area (Å²) < 4.78 is 12.8. The normalized spacial score (nSPS) is 18.6. The number of Topliss-reactive ketones (excluding diaryl/α,β-unsaturated/α-hetero) is 1. The summed E-state index contributed by atoms with van der Waals surface area (Å²) in [6.45, 7) is 1.20. The van der Waals surface area contributed by atoms with Gasteiger partial charge in [0.05, 0.1) is 0 Å². The van der Waals surface area contributed by atoms with Crippen LogP contribution in [0.4, 0.5) is 4.39 Å². The minimum Gasteiger partial charge on any atom is -0.338 e. The topological polar surface area (TPSA) is 63.4 Å². The van der Waals surface area contributed by atoms with Crippen LogP contribution in [0.5, 0.6) is 0 Å². The van der Waals surface area contributed by atoms with E-state index in [1.54, 1.807) is 4.90 Å². The van der Waals surface area contributed by atoms with E-state index in [0.29, 0.717) is 12.1 Å². The maximum atomic E-state index is 12.8. The molecule has 0 aromatic heterocycles. The van der Waals surface area contributed by atoms with Gasteiger partial charge in [0.2, 0.25) is 5.91 Å². The summed E-state index contributed by atoms with van der Waals surface area (Å²) in [5.74, 6) is -0.521. The third-order valence-corrected chi connectivity index (χ3v) is 3.95. The molecule has 21 heavy (non-hydrogen) atoms. The van der Waals surface area contributed by atoms with E-state index in [4.69, 9.17) is 5.73 Å². The van der Waals surface area contributed by atoms with Crippen LogP contribution in [0.1, 0.15) is 42.5 Å². The van der Waals surface area contributed by atoms with Gasteiger partial charge in [-0.05, 0) is 43.5 Å². The van der Waals surface area contributed by atoms with Crippen molar-refractivity contribution in [1.82, 2.24) is 4.90 Å². The Kier molecular flexibility index (Phi) is 5.44. The van der Waals surface area contributed by atoms with Crippen molar-refractivity contribution in [3.8, 4) is 0 Å². The molecule has 2 rings (SSSR count). The highest BCUT2D eigenvalue weighted by Gasteiger charge is 2.25. The van der Waals surface area contributed by atoms with Gasteiger partial charge in [-0.3, -0.25) is 9.59 Å². The molecule has 2 N–H and O–H groups in total. The maximum absolute atomic E-state index is 12.8. The molecule has 5 heteroatoms. The number of hydrogen-bond acceptors (Lipinski definition) is 3. The minimum absolute atomic E-state index is 0.0133. The lowest BCUT2D eigenvalue weighted by atomic mass is 10.0. The number of likely N-dealkylation sites (tertiary alicyclic amines) is 1. The van der Waals surface area contributed by atoms with Gasteiger partial charge in [-0.1, -0.05) is 0 Å². The Hall–Kier alpha value is -1.75. The van der Waals surface area contributed by atoms with Gasteiger partial charge in [0.15, 0.2) is 5.78 Å². The van der Waals surface area contributed by atoms with Crippen molar-refractivity contribution in [1.29, 1.82) is 0 Å². The number of halogens is 1. The molecule has 0 radical (unpaired) electrons. The standard InChI is InChI=1S/C16H21FN2O2/c17-13-6-4-12(5-7-13)15(20)8-9-16(21)19-10-2-1-3-14(19)11-18/h4-7,14H,1-3,8-11,18H2. The molecular weight excluding hydrogens is 271 g/mol. The SMILES string of the molecule is NCC1CCCCN1C(=O)CCC(=O)c1ccc(F)cc1. The molecular formula is C16H21FN2O2. The van der Waals surface area contributed by atoms with E-state index in [1.165, 1.54) is 24.3 Å². The monoisotopic (exact) mass is 292 g/mol. The van der Waals surface area contributed by atoms with Crippen LogP contribution < -0.4 is 5.73 Å². The lowest BCUT2D eigenvalue weighted by Gasteiger charge is -2.35. The maximum Gasteiger partial charge on any atom is 0.223 e. The third-order valence-electron chi connectivity index (χ3n) is 3.95. The van der Waals surface area contributed by atoms with Crippen LogP contribution in [-0.4, -0.2) is 35.7 Å². The fourth-order valence-corrected chi connectivity index (χ4v) is 2.72. The van der Waals surface area contributed by atoms with E-state index in [9.17, 15) is 14.0 Å². The summed E-state index contributed by atoms with van der Waals surface area (Å²) in [7, 11) is 0. The van der Waals surface area contributed by atoms with Crippen molar-refractivity contribution >= 4 is 11.7 Å². The zero-order chi connectivity index (χ0) is 15.2. The molecule has 1 aromatic carbocycles. The lowest BCUT2D eigenvalue weighted by Crippen LogP contribution is -2.47. The van der Waals surface area contributed by atoms with Crippen LogP contribution in [0.25, 0.3) is 0 Å². The molecule has 1 atom stereocenters. The third kappa shape index (κ3) is 4.11. The molecule has 1 amide bonds. The number of hydrogen-bond donors (Lipinski definition) is 1. The van der Waals surface area contributed by atoms with Crippen LogP contribution in [-0.2, 0) is 4.79 Å². The van der Waals surface area contributed by atoms with Gasteiger partial charge in [0.25, 0.3) is 0 Å². The van der Waals surface area contributed by atoms with Crippen molar-refractivity contribution < 1.29 is 14.0 Å². The van der Waals surface area contributed by atoms with E-state index in [2.05, 4.69) is 0 Å². The van der Waals surface area contributed by atoms with Crippen LogP contribution in [0.15, 0.2) is 24.3 Å². The lowest BCUT2D eigenvalue weighted by molar-refractivity contribution is -0.134. The first-order valence-corrected chi connectivity index (χ1v) is 7.40. The first-order valence-electron chi connectivity index (χ1n) is 7.40. The first-order chi connectivity index (χ1) is 10.1. The van der Waals surface area contributed by atoms with Crippen molar-refractivity contribution in [2.75, 3.05) is 13.1 Å². The number of carbonyl (C=O) groups is 2. The second-order valence-corrected chi connectivity index (χ2v) is 5.40. The molecule has 1 saturated heterocycles. The van der Waals surface area contributed by atoms with E-state index < -0.39 is 0 Å². The molecule has 1 fully saturated rings. The number of amides is 1. The second-order valence-electron chi connectivity index (χ2n) is 5.40. The largest absolute Gasteiger partial charge is 0.338 e. The number of rotatable bonds is 5. The van der Waals surface area contributed by atoms with E-state index in [1.807, 2.05) is 0 Å². The van der Waals surface area contributed by atoms with Gasteiger partial charge in [-0.25, -0.2) is 4.39 Å². The van der Waals surface area contributed by atoms with Crippen LogP contribution >= 0.6 is 0 Å². The number of ketones is 1. The molecule has 0 aliphatic carbocycles. The first kappa shape index (κ1) is 15.6. The molecule has 0 spiro atoms. The zero-order valence-electron chi connectivity index (χ0n) is 12.1. The number of nitrogens with zero attached hydrogens (tertiary/aromatic N) is 1. The highest BCUT2D eigenvalue weighted by Crippen LogP contribution is 2.18. The molecule has 4 nitrogen and oxygen atoms in total. The highest BCUT2D eigenvalue weighted by molar-refractivity contribution is 5.97. The fourth-order valence-electron chi connectivity index (χ4n) is 2.72. The van der Waals surface area contributed by atoms with Gasteiger partial charge >= 0.3 is 0 Å². The number of carbonyl (C=O) groups excluding carboxylic acids is 2. The molecule has 1 unspecified atom stereocenters. The molecule has 1 aliphatic rings. The Morgan fingerprint density at radius 1 is 1.19 bits per heavy atom. The highest BCUT2D eigenvalue weighted by atomic mass is 19.1. The van der Waals surface area contributed by atoms with E-state index in [-0.39, 0.29) is 36.4 Å². The van der Waals surface area contributed by atoms with E-state index in [0.717, 1.165) is 25.8 Å². The van der Waals surface area contributed by atoms with Gasteiger partial charge in [0.1, 0.15) is 5.82 Å². The predicted octanol–water partition coefficient (Wildman–Crippen LogP) is 2.13. The van der Waals surface area contributed by atoms with Crippen molar-refractivity contribution in [3.63, 3.8) is 0 Å². The summed E-state index contributed by atoms with van der Waals surface area (Å²) in [4.78, 5) is 26.0. The van der Waals surface area contributed by atoms with Gasteiger partial charge in [0, 0.05) is 37.5 Å². The summed E-state index contributed by atoms with van der Waals surface area (Å²) in [5.41, 5.74) is 6.14. The van der Waals surface area contributed by atoms with Gasteiger partial charge in [-0.15, -0.1) is 0 Å². The average molecular weight is 292 g/mol. The van der Waals surface area contributed by atoms with Crippen molar-refractivity contribution in [3.05, 3.63) is 35.6 Å². The predicted molar refractivity (Wildman–Crippen MR) is 78.4 cm³/mol. The Labute approximate surface area is 124 Å². The number of nitrogens with two attached hydrogens (primary N) is 1. The molecule has 0 bridgehead atoms. The summed E-state index contributed by atoms with van der Waals surface area (Å²) in [6, 6.07) is 5.51. The smallest absolute Gasteiger partial charge is 0.223 e. The Morgan fingerprint density at radius 3 is 2.57 bits per heavy atom. The molecule has 1 aliphatic heterocycles. The van der Waals surface area contributed by atoms with Crippen LogP contribution in [0, 0.1) is 5.82 Å². The Balaban J connectivity index is 1.88. The van der Waals surface area contributed by atoms with Crippen molar-refractivity contribution in [2.24, 2.45) is 5.73 Å². The summed E-state index contributed by atoms with van der Waals surface area (Å²) >= 11 is 0. The number of benzene rings is 1. The summed E-state index contributed by atoms with van der Waals surface area (Å²) in [6.07, 6.45) is 3.37. The quantitative estimate of drug-likeness (QED) is 0.846. The van der Waals surface area contributed by atoms with Gasteiger partial charge in [-0.2, -0.15) is 0 Å². The Morgan fingerprint density at radius 2 is 1.90 bits per heavy atom. The molecule has 114 valence electrons. The summed E-state index contributed by atoms with van der Waals surface area (Å²) in [5, 5.41) is 0. The second kappa shape index (κ2) is 7.31. The van der Waals surface area contributed by atoms with Crippen molar-refractivity contribution in [2.45, 2.75) is 38.1 Å². The zero-order valence-corrected chi connectivity index (χ0v) is 12.1. The van der Waals surface area contributed by atoms with Crippen LogP contribution in [0.2, 0.25) is 0 Å². The Bertz CT molecular complexity index is 502. The molecule has 1 heterocycles. The minimum atomic E-state index is -0.373. The average Bonchev–Trinajstić information content (AvgIpc) is 2.52. The van der Waals surface area contributed by atoms with Crippen LogP contribution in [0.3, 0.4) is 0 Å². The molecule has 1 aromatic rings. The van der Waals surface area contributed by atoms with Gasteiger partial charge < -0.3 is 10.6 Å². The number of piperidine rings is 1. The fraction of sp³-hybridized carbons (Fsp3) is 0.500. The molecule has 0 saturated carbocycles.